The number of nitrogens with zero attached hydrogens (tertiary/aromatic N) is 2. The van der Waals surface area contributed by atoms with E-state index >= 15 is 0 Å². The molecule has 0 aliphatic carbocycles. The molecule has 2 aromatic carbocycles. The van der Waals surface area contributed by atoms with Gasteiger partial charge in [-0.1, -0.05) is 49.7 Å². The molecule has 1 N–H and O–H groups in total. The van der Waals surface area contributed by atoms with Crippen LogP contribution >= 0.6 is 11.6 Å². The molecule has 2 aromatic rings. The summed E-state index contributed by atoms with van der Waals surface area (Å²) >= 11 is 6.22. The number of ketones is 1. The Morgan fingerprint density at radius 3 is 2.47 bits per heavy atom. The number of halogens is 1. The van der Waals surface area contributed by atoms with E-state index in [9.17, 15) is 14.7 Å². The number of benzene rings is 2. The molecule has 170 valence electrons. The fourth-order valence-corrected chi connectivity index (χ4v) is 4.18. The minimum absolute atomic E-state index is 0.0606. The fourth-order valence-electron chi connectivity index (χ4n) is 3.98. The summed E-state index contributed by atoms with van der Waals surface area (Å²) in [4.78, 5) is 29.9. The molecule has 0 spiro atoms. The quantitative estimate of drug-likeness (QED) is 0.341. The van der Waals surface area contributed by atoms with Crippen molar-refractivity contribution < 1.29 is 19.4 Å². The molecule has 0 radical (unpaired) electrons. The molecule has 3 rings (SSSR count). The van der Waals surface area contributed by atoms with Crippen molar-refractivity contribution >= 4 is 29.1 Å². The highest BCUT2D eigenvalue weighted by Gasteiger charge is 2.46. The minimum atomic E-state index is -0.722. The molecule has 0 aromatic heterocycles. The number of hydrogen-bond donors (Lipinski definition) is 1. The lowest BCUT2D eigenvalue weighted by Gasteiger charge is -2.28. The monoisotopic (exact) mass is 456 g/mol. The molecular weight excluding hydrogens is 428 g/mol. The van der Waals surface area contributed by atoms with Gasteiger partial charge >= 0.3 is 0 Å². The summed E-state index contributed by atoms with van der Waals surface area (Å²) in [6.07, 6.45) is 0. The van der Waals surface area contributed by atoms with Crippen LogP contribution in [-0.2, 0) is 9.59 Å². The maximum atomic E-state index is 13.1. The van der Waals surface area contributed by atoms with E-state index in [1.54, 1.807) is 42.5 Å². The lowest BCUT2D eigenvalue weighted by molar-refractivity contribution is -0.140. The first kappa shape index (κ1) is 23.8. The molecule has 1 amide bonds. The van der Waals surface area contributed by atoms with Gasteiger partial charge < -0.3 is 19.6 Å². The zero-order chi connectivity index (χ0) is 23.3. The van der Waals surface area contributed by atoms with Gasteiger partial charge in [-0.05, 0) is 49.8 Å². The van der Waals surface area contributed by atoms with Gasteiger partial charge in [0.15, 0.2) is 0 Å². The number of carbonyl (C=O) groups excluding carboxylic acids is 2. The van der Waals surface area contributed by atoms with Crippen LogP contribution in [0.3, 0.4) is 0 Å². The van der Waals surface area contributed by atoms with Gasteiger partial charge in [0.2, 0.25) is 0 Å². The molecule has 7 heteroatoms. The van der Waals surface area contributed by atoms with Crippen LogP contribution < -0.4 is 4.74 Å². The highest BCUT2D eigenvalue weighted by molar-refractivity contribution is 6.46. The largest absolute Gasteiger partial charge is 0.507 e. The number of aliphatic hydroxyl groups is 1. The highest BCUT2D eigenvalue weighted by atomic mass is 35.5. The van der Waals surface area contributed by atoms with Gasteiger partial charge in [0, 0.05) is 23.7 Å². The van der Waals surface area contributed by atoms with Crippen molar-refractivity contribution in [1.29, 1.82) is 0 Å². The number of likely N-dealkylation sites (N-methyl/N-ethyl adjacent to an activating group) is 1. The van der Waals surface area contributed by atoms with Crippen LogP contribution in [0.5, 0.6) is 5.75 Å². The smallest absolute Gasteiger partial charge is 0.295 e. The van der Waals surface area contributed by atoms with Crippen molar-refractivity contribution in [1.82, 2.24) is 9.80 Å². The second kappa shape index (κ2) is 10.7. The Hall–Kier alpha value is -2.83. The van der Waals surface area contributed by atoms with Gasteiger partial charge in [-0.15, -0.1) is 0 Å². The molecule has 6 nitrogen and oxygen atoms in total. The van der Waals surface area contributed by atoms with Crippen molar-refractivity contribution in [2.75, 3.05) is 32.8 Å². The number of carbonyl (C=O) groups is 2. The van der Waals surface area contributed by atoms with Crippen LogP contribution in [0.15, 0.2) is 54.1 Å². The zero-order valence-electron chi connectivity index (χ0n) is 18.7. The van der Waals surface area contributed by atoms with E-state index in [4.69, 9.17) is 16.3 Å². The Morgan fingerprint density at radius 2 is 1.81 bits per heavy atom. The van der Waals surface area contributed by atoms with E-state index in [2.05, 4.69) is 18.7 Å². The lowest BCUT2D eigenvalue weighted by atomic mass is 9.95. The Labute approximate surface area is 194 Å². The van der Waals surface area contributed by atoms with E-state index in [0.717, 1.165) is 13.1 Å². The van der Waals surface area contributed by atoms with E-state index in [-0.39, 0.29) is 11.3 Å². The van der Waals surface area contributed by atoms with Gasteiger partial charge in [-0.3, -0.25) is 9.59 Å². The van der Waals surface area contributed by atoms with Crippen LogP contribution in [0.4, 0.5) is 0 Å². The molecule has 0 saturated carbocycles. The second-order valence-corrected chi connectivity index (χ2v) is 7.97. The van der Waals surface area contributed by atoms with Crippen LogP contribution in [0, 0.1) is 0 Å². The van der Waals surface area contributed by atoms with Crippen molar-refractivity contribution in [2.45, 2.75) is 26.8 Å². The third-order valence-corrected chi connectivity index (χ3v) is 5.91. The van der Waals surface area contributed by atoms with Crippen molar-refractivity contribution in [2.24, 2.45) is 0 Å². The average Bonchev–Trinajstić information content (AvgIpc) is 3.04. The third kappa shape index (κ3) is 4.97. The van der Waals surface area contributed by atoms with Gasteiger partial charge in [0.1, 0.15) is 11.5 Å². The van der Waals surface area contributed by atoms with Crippen LogP contribution in [0.2, 0.25) is 5.02 Å². The topological polar surface area (TPSA) is 70.1 Å². The van der Waals surface area contributed by atoms with E-state index < -0.39 is 17.7 Å². The van der Waals surface area contributed by atoms with Crippen LogP contribution in [-0.4, -0.2) is 59.4 Å². The Bertz CT molecular complexity index is 1020. The summed E-state index contributed by atoms with van der Waals surface area (Å²) < 4.78 is 5.53. The molecule has 1 aliphatic rings. The average molecular weight is 457 g/mol. The van der Waals surface area contributed by atoms with Gasteiger partial charge in [0.25, 0.3) is 11.7 Å². The van der Waals surface area contributed by atoms with Crippen molar-refractivity contribution in [3.63, 3.8) is 0 Å². The normalized spacial score (nSPS) is 17.9. The summed E-state index contributed by atoms with van der Waals surface area (Å²) in [6, 6.07) is 13.2. The molecular formula is C25H29ClN2O4. The number of aliphatic hydroxyl groups excluding tert-OH is 1. The van der Waals surface area contributed by atoms with Crippen molar-refractivity contribution in [3.8, 4) is 5.75 Å². The summed E-state index contributed by atoms with van der Waals surface area (Å²) in [5, 5.41) is 11.7. The summed E-state index contributed by atoms with van der Waals surface area (Å²) in [5.41, 5.74) is 1.16. The van der Waals surface area contributed by atoms with Crippen LogP contribution in [0.25, 0.3) is 5.76 Å². The predicted molar refractivity (Wildman–Crippen MR) is 126 cm³/mol. The van der Waals surface area contributed by atoms with Gasteiger partial charge in [0.05, 0.1) is 18.2 Å². The van der Waals surface area contributed by atoms with E-state index in [1.807, 2.05) is 13.0 Å². The number of likely N-dealkylation sites (tertiary alicyclic amines) is 1. The van der Waals surface area contributed by atoms with Crippen LogP contribution in [0.1, 0.15) is 37.9 Å². The van der Waals surface area contributed by atoms with Gasteiger partial charge in [-0.25, -0.2) is 0 Å². The summed E-state index contributed by atoms with van der Waals surface area (Å²) in [7, 11) is 0. The summed E-state index contributed by atoms with van der Waals surface area (Å²) in [5.74, 6) is -0.967. The second-order valence-electron chi connectivity index (χ2n) is 7.54. The number of amides is 1. The number of Topliss-reactive ketones (excluding diaryl/α,β-unsaturated/α-hetero) is 1. The zero-order valence-corrected chi connectivity index (χ0v) is 19.4. The molecule has 1 saturated heterocycles. The first-order valence-corrected chi connectivity index (χ1v) is 11.3. The molecule has 1 unspecified atom stereocenters. The first-order chi connectivity index (χ1) is 15.4. The molecule has 0 bridgehead atoms. The molecule has 1 aliphatic heterocycles. The molecule has 1 heterocycles. The molecule has 32 heavy (non-hydrogen) atoms. The highest BCUT2D eigenvalue weighted by Crippen LogP contribution is 2.40. The Kier molecular flexibility index (Phi) is 7.94. The Morgan fingerprint density at radius 1 is 1.09 bits per heavy atom. The van der Waals surface area contributed by atoms with E-state index in [1.165, 1.54) is 4.90 Å². The maximum absolute atomic E-state index is 13.1. The lowest BCUT2D eigenvalue weighted by Crippen LogP contribution is -2.38. The maximum Gasteiger partial charge on any atom is 0.295 e. The third-order valence-electron chi connectivity index (χ3n) is 5.67. The summed E-state index contributed by atoms with van der Waals surface area (Å²) in [6.45, 7) is 9.11. The van der Waals surface area contributed by atoms with Crippen molar-refractivity contribution in [3.05, 3.63) is 70.3 Å². The SMILES string of the molecule is CCOc1cccc(/C(O)=C2\C(=O)C(=O)N(CCN(CC)CC)C2c2cccc(Cl)c2)c1. The molecule has 1 atom stereocenters. The number of rotatable bonds is 9. The van der Waals surface area contributed by atoms with Gasteiger partial charge in [-0.2, -0.15) is 0 Å². The Balaban J connectivity index is 2.10. The standard InChI is InChI=1S/C25H29ClN2O4/c1-4-27(5-2)13-14-28-22(17-9-7-11-19(26)15-17)21(24(30)25(28)31)23(29)18-10-8-12-20(16-18)32-6-3/h7-12,15-16,22,29H,4-6,13-14H2,1-3H3/b23-21+. The first-order valence-electron chi connectivity index (χ1n) is 10.9. The molecule has 1 fully saturated rings. The predicted octanol–water partition coefficient (Wildman–Crippen LogP) is 4.50. The number of hydrogen-bond acceptors (Lipinski definition) is 5. The fraction of sp³-hybridized carbons (Fsp3) is 0.360. The minimum Gasteiger partial charge on any atom is -0.507 e. The van der Waals surface area contributed by atoms with E-state index in [0.29, 0.717) is 41.6 Å². The number of ether oxygens (including phenoxy) is 1.